The van der Waals surface area contributed by atoms with Gasteiger partial charge >= 0.3 is 7.60 Å². The number of nitrogens with one attached hydrogen (secondary N) is 1. The van der Waals surface area contributed by atoms with Gasteiger partial charge in [0.1, 0.15) is 0 Å². The molecule has 0 spiro atoms. The lowest BCUT2D eigenvalue weighted by Gasteiger charge is -1.95. The predicted molar refractivity (Wildman–Crippen MR) is 46.7 cm³/mol. The van der Waals surface area contributed by atoms with E-state index in [2.05, 4.69) is 4.98 Å². The van der Waals surface area contributed by atoms with E-state index < -0.39 is 7.60 Å². The van der Waals surface area contributed by atoms with Crippen LogP contribution >= 0.6 is 7.60 Å². The van der Waals surface area contributed by atoms with Gasteiger partial charge in [-0.25, -0.2) is 0 Å². The summed E-state index contributed by atoms with van der Waals surface area (Å²) in [6.45, 7) is 0. The average molecular weight is 187 g/mol. The van der Waals surface area contributed by atoms with Gasteiger partial charge in [0.15, 0.2) is 0 Å². The molecule has 1 aromatic rings. The molecule has 0 atom stereocenters. The summed E-state index contributed by atoms with van der Waals surface area (Å²) in [5, 5.41) is 0. The molecule has 0 aliphatic carbocycles. The van der Waals surface area contributed by atoms with E-state index in [-0.39, 0.29) is 6.16 Å². The van der Waals surface area contributed by atoms with Gasteiger partial charge in [0.25, 0.3) is 0 Å². The number of aromatic nitrogens is 1. The van der Waals surface area contributed by atoms with Crippen LogP contribution in [0.25, 0.3) is 6.08 Å². The van der Waals surface area contributed by atoms with Crippen molar-refractivity contribution in [1.82, 2.24) is 4.98 Å². The van der Waals surface area contributed by atoms with Gasteiger partial charge in [-0.15, -0.1) is 0 Å². The zero-order valence-corrected chi connectivity index (χ0v) is 7.24. The van der Waals surface area contributed by atoms with Crippen LogP contribution in [0.1, 0.15) is 5.56 Å². The fourth-order valence-corrected chi connectivity index (χ4v) is 1.15. The van der Waals surface area contributed by atoms with E-state index in [1.54, 1.807) is 18.5 Å². The van der Waals surface area contributed by atoms with E-state index in [4.69, 9.17) is 9.79 Å². The third kappa shape index (κ3) is 3.53. The van der Waals surface area contributed by atoms with Crippen LogP contribution in [0.3, 0.4) is 0 Å². The van der Waals surface area contributed by atoms with Gasteiger partial charge in [0, 0.05) is 12.4 Å². The molecule has 0 saturated heterocycles. The monoisotopic (exact) mass is 187 g/mol. The number of aromatic amines is 1. The molecule has 1 aromatic heterocycles. The highest BCUT2D eigenvalue weighted by Gasteiger charge is 2.08. The smallest absolute Gasteiger partial charge is 0.329 e. The fourth-order valence-electron chi connectivity index (χ4n) is 0.767. The van der Waals surface area contributed by atoms with Gasteiger partial charge in [-0.3, -0.25) is 4.57 Å². The first-order valence-corrected chi connectivity index (χ1v) is 5.21. The molecule has 1 heterocycles. The Kier molecular flexibility index (Phi) is 2.87. The van der Waals surface area contributed by atoms with Crippen molar-refractivity contribution in [1.29, 1.82) is 0 Å². The molecule has 0 aliphatic rings. The number of allylic oxidation sites excluding steroid dienone is 1. The van der Waals surface area contributed by atoms with E-state index in [9.17, 15) is 4.57 Å². The van der Waals surface area contributed by atoms with Crippen molar-refractivity contribution in [2.75, 3.05) is 6.16 Å². The van der Waals surface area contributed by atoms with Crippen molar-refractivity contribution in [3.05, 3.63) is 30.1 Å². The second kappa shape index (κ2) is 3.72. The van der Waals surface area contributed by atoms with Crippen LogP contribution in [-0.2, 0) is 4.57 Å². The quantitative estimate of drug-likeness (QED) is 0.622. The fraction of sp³-hybridized carbons (Fsp3) is 0.143. The third-order valence-corrected chi connectivity index (χ3v) is 1.96. The lowest BCUT2D eigenvalue weighted by molar-refractivity contribution is 0.377. The van der Waals surface area contributed by atoms with Gasteiger partial charge in [0.2, 0.25) is 0 Å². The molecule has 0 fully saturated rings. The lowest BCUT2D eigenvalue weighted by atomic mass is 10.3. The van der Waals surface area contributed by atoms with Crippen LogP contribution in [-0.4, -0.2) is 20.9 Å². The largest absolute Gasteiger partial charge is 0.367 e. The minimum absolute atomic E-state index is 0.210. The predicted octanol–water partition coefficient (Wildman–Crippen LogP) is 1.21. The van der Waals surface area contributed by atoms with Crippen molar-refractivity contribution in [2.45, 2.75) is 0 Å². The molecule has 12 heavy (non-hydrogen) atoms. The average Bonchev–Trinajstić information content (AvgIpc) is 2.36. The molecule has 3 N–H and O–H groups in total. The molecule has 0 bridgehead atoms. The molecule has 5 heteroatoms. The Morgan fingerprint density at radius 1 is 1.58 bits per heavy atom. The molecule has 1 rings (SSSR count). The SMILES string of the molecule is O=P(O)(O)CC=Cc1cc[nH]c1. The highest BCUT2D eigenvalue weighted by Crippen LogP contribution is 2.34. The van der Waals surface area contributed by atoms with E-state index in [1.807, 2.05) is 6.07 Å². The van der Waals surface area contributed by atoms with Gasteiger partial charge < -0.3 is 14.8 Å². The maximum atomic E-state index is 10.4. The van der Waals surface area contributed by atoms with Crippen molar-refractivity contribution in [3.63, 3.8) is 0 Å². The maximum absolute atomic E-state index is 10.4. The van der Waals surface area contributed by atoms with Gasteiger partial charge in [-0.05, 0) is 11.6 Å². The maximum Gasteiger partial charge on any atom is 0.329 e. The Morgan fingerprint density at radius 2 is 2.33 bits per heavy atom. The number of H-pyrrole nitrogens is 1. The Bertz CT molecular complexity index is 298. The van der Waals surface area contributed by atoms with Crippen LogP contribution in [0.2, 0.25) is 0 Å². The number of hydrogen-bond donors (Lipinski definition) is 3. The first kappa shape index (κ1) is 9.26. The molecule has 0 radical (unpaired) electrons. The number of rotatable bonds is 3. The van der Waals surface area contributed by atoms with Gasteiger partial charge in [0.05, 0.1) is 6.16 Å². The van der Waals surface area contributed by atoms with E-state index in [0.29, 0.717) is 0 Å². The standard InChI is InChI=1S/C7H10NO3P/c9-12(10,11)5-1-2-7-3-4-8-6-7/h1-4,6,8H,5H2,(H2,9,10,11). The summed E-state index contributed by atoms with van der Waals surface area (Å²) in [5.74, 6) is 0. The van der Waals surface area contributed by atoms with Gasteiger partial charge in [-0.2, -0.15) is 0 Å². The molecule has 0 amide bonds. The van der Waals surface area contributed by atoms with Crippen LogP contribution in [0.4, 0.5) is 0 Å². The zero-order chi connectivity index (χ0) is 9.03. The summed E-state index contributed by atoms with van der Waals surface area (Å²) in [7, 11) is -3.88. The van der Waals surface area contributed by atoms with Crippen molar-refractivity contribution < 1.29 is 14.4 Å². The molecule has 66 valence electrons. The highest BCUT2D eigenvalue weighted by molar-refractivity contribution is 7.51. The normalized spacial score (nSPS) is 12.5. The minimum atomic E-state index is -3.88. The summed E-state index contributed by atoms with van der Waals surface area (Å²) in [5.41, 5.74) is 0.906. The molecule has 4 nitrogen and oxygen atoms in total. The van der Waals surface area contributed by atoms with Crippen molar-refractivity contribution >= 4 is 13.7 Å². The van der Waals surface area contributed by atoms with Crippen molar-refractivity contribution in [3.8, 4) is 0 Å². The van der Waals surface area contributed by atoms with Gasteiger partial charge in [-0.1, -0.05) is 12.2 Å². The van der Waals surface area contributed by atoms with Crippen LogP contribution in [0.5, 0.6) is 0 Å². The van der Waals surface area contributed by atoms with Crippen LogP contribution in [0, 0.1) is 0 Å². The van der Waals surface area contributed by atoms with E-state index in [0.717, 1.165) is 5.56 Å². The summed E-state index contributed by atoms with van der Waals surface area (Å²) >= 11 is 0. The Labute approximate surface area is 70.1 Å². The Hall–Kier alpha value is -0.830. The first-order valence-electron chi connectivity index (χ1n) is 3.42. The summed E-state index contributed by atoms with van der Waals surface area (Å²) in [6, 6.07) is 1.82. The molecule has 0 aliphatic heterocycles. The third-order valence-electron chi connectivity index (χ3n) is 1.28. The van der Waals surface area contributed by atoms with Crippen LogP contribution < -0.4 is 0 Å². The lowest BCUT2D eigenvalue weighted by Crippen LogP contribution is -1.80. The Balaban J connectivity index is 2.48. The first-order chi connectivity index (χ1) is 5.58. The topological polar surface area (TPSA) is 73.3 Å². The molecular weight excluding hydrogens is 177 g/mol. The summed E-state index contributed by atoms with van der Waals surface area (Å²) in [4.78, 5) is 19.8. The number of hydrogen-bond acceptors (Lipinski definition) is 1. The molecule has 0 saturated carbocycles. The Morgan fingerprint density at radius 3 is 2.83 bits per heavy atom. The zero-order valence-electron chi connectivity index (χ0n) is 6.34. The second-order valence-corrected chi connectivity index (χ2v) is 4.09. The molecule has 0 aromatic carbocycles. The molecule has 0 unspecified atom stereocenters. The second-order valence-electron chi connectivity index (χ2n) is 2.39. The highest BCUT2D eigenvalue weighted by atomic mass is 31.2. The summed E-state index contributed by atoms with van der Waals surface area (Å²) in [6.07, 6.45) is 6.41. The molecular formula is C7H10NO3P. The van der Waals surface area contributed by atoms with Crippen molar-refractivity contribution in [2.24, 2.45) is 0 Å². The van der Waals surface area contributed by atoms with E-state index >= 15 is 0 Å². The van der Waals surface area contributed by atoms with E-state index in [1.165, 1.54) is 6.08 Å². The van der Waals surface area contributed by atoms with Crippen LogP contribution in [0.15, 0.2) is 24.5 Å². The summed E-state index contributed by atoms with van der Waals surface area (Å²) < 4.78 is 10.4. The minimum Gasteiger partial charge on any atom is -0.367 e.